The average Bonchev–Trinajstić information content (AvgIpc) is 2.78. The molecule has 3 aromatic carbocycles. The first-order valence-electron chi connectivity index (χ1n) is 9.53. The number of carbonyl (C=O) groups excluding carboxylic acids is 1. The molecule has 0 fully saturated rings. The summed E-state index contributed by atoms with van der Waals surface area (Å²) in [5.74, 6) is -0.544. The van der Waals surface area contributed by atoms with E-state index in [0.717, 1.165) is 16.8 Å². The van der Waals surface area contributed by atoms with Crippen molar-refractivity contribution in [2.24, 2.45) is 5.73 Å². The summed E-state index contributed by atoms with van der Waals surface area (Å²) in [6.07, 6.45) is 0.330. The number of nitrogens with one attached hydrogen (secondary N) is 1. The standard InChI is InChI=1S/C24H18ClFN4O/c25-19-14-15(9-10-20(19)26)13-18-17(24(27)31)7-4-8-22(18)28-23-12-11-21(29-30-23)16-5-2-1-3-6-16/h1-12,14H,13H2,(H2,27,31)(H,28,30). The molecule has 4 aromatic rings. The van der Waals surface area contributed by atoms with Crippen molar-refractivity contribution in [3.05, 3.63) is 106 Å². The number of hydrogen-bond donors (Lipinski definition) is 2. The van der Waals surface area contributed by atoms with E-state index in [2.05, 4.69) is 15.5 Å². The number of primary amides is 1. The molecule has 0 aliphatic rings. The van der Waals surface area contributed by atoms with Crippen LogP contribution in [0.3, 0.4) is 0 Å². The fraction of sp³-hybridized carbons (Fsp3) is 0.0417. The van der Waals surface area contributed by atoms with Gasteiger partial charge in [0.05, 0.1) is 10.7 Å². The van der Waals surface area contributed by atoms with Crippen LogP contribution in [0, 0.1) is 5.82 Å². The number of anilines is 2. The third-order valence-electron chi connectivity index (χ3n) is 4.80. The molecule has 0 atom stereocenters. The Labute approximate surface area is 183 Å². The van der Waals surface area contributed by atoms with Gasteiger partial charge in [-0.2, -0.15) is 0 Å². The van der Waals surface area contributed by atoms with Crippen LogP contribution < -0.4 is 11.1 Å². The Balaban J connectivity index is 1.65. The van der Waals surface area contributed by atoms with Crippen LogP contribution in [0.2, 0.25) is 5.02 Å². The van der Waals surface area contributed by atoms with Crippen LogP contribution in [0.15, 0.2) is 78.9 Å². The second-order valence-corrected chi connectivity index (χ2v) is 7.32. The lowest BCUT2D eigenvalue weighted by Crippen LogP contribution is -2.15. The molecule has 1 amide bonds. The molecule has 0 radical (unpaired) electrons. The van der Waals surface area contributed by atoms with Gasteiger partial charge in [-0.15, -0.1) is 10.2 Å². The SMILES string of the molecule is NC(=O)c1cccc(Nc2ccc(-c3ccccc3)nn2)c1Cc1ccc(F)c(Cl)c1. The van der Waals surface area contributed by atoms with Gasteiger partial charge in [0.25, 0.3) is 0 Å². The van der Waals surface area contributed by atoms with E-state index >= 15 is 0 Å². The van der Waals surface area contributed by atoms with E-state index in [1.54, 1.807) is 18.2 Å². The number of nitrogens with zero attached hydrogens (tertiary/aromatic N) is 2. The smallest absolute Gasteiger partial charge is 0.249 e. The molecule has 0 saturated carbocycles. The van der Waals surface area contributed by atoms with Crippen molar-refractivity contribution >= 4 is 29.0 Å². The quantitative estimate of drug-likeness (QED) is 0.429. The van der Waals surface area contributed by atoms with Gasteiger partial charge in [0.1, 0.15) is 5.82 Å². The first kappa shape index (κ1) is 20.5. The second-order valence-electron chi connectivity index (χ2n) is 6.92. The van der Waals surface area contributed by atoms with E-state index in [0.29, 0.717) is 29.1 Å². The highest BCUT2D eigenvalue weighted by Crippen LogP contribution is 2.28. The molecule has 31 heavy (non-hydrogen) atoms. The fourth-order valence-corrected chi connectivity index (χ4v) is 3.48. The number of rotatable bonds is 6. The van der Waals surface area contributed by atoms with E-state index in [4.69, 9.17) is 17.3 Å². The number of halogens is 2. The van der Waals surface area contributed by atoms with Gasteiger partial charge in [0.2, 0.25) is 5.91 Å². The minimum atomic E-state index is -0.558. The van der Waals surface area contributed by atoms with Crippen LogP contribution in [0.5, 0.6) is 0 Å². The first-order chi connectivity index (χ1) is 15.0. The maximum absolute atomic E-state index is 13.5. The molecule has 0 unspecified atom stereocenters. The highest BCUT2D eigenvalue weighted by molar-refractivity contribution is 6.30. The Kier molecular flexibility index (Phi) is 5.91. The van der Waals surface area contributed by atoms with E-state index in [1.165, 1.54) is 12.1 Å². The zero-order chi connectivity index (χ0) is 21.8. The van der Waals surface area contributed by atoms with Crippen LogP contribution >= 0.6 is 11.6 Å². The summed E-state index contributed by atoms with van der Waals surface area (Å²) < 4.78 is 13.5. The summed E-state index contributed by atoms with van der Waals surface area (Å²) in [7, 11) is 0. The normalized spacial score (nSPS) is 10.6. The Hall–Kier alpha value is -3.77. The van der Waals surface area contributed by atoms with Gasteiger partial charge in [-0.3, -0.25) is 4.79 Å². The lowest BCUT2D eigenvalue weighted by Gasteiger charge is -2.15. The Morgan fingerprint density at radius 2 is 1.77 bits per heavy atom. The van der Waals surface area contributed by atoms with Crippen LogP contribution in [0.25, 0.3) is 11.3 Å². The van der Waals surface area contributed by atoms with Gasteiger partial charge < -0.3 is 11.1 Å². The number of amides is 1. The summed E-state index contributed by atoms with van der Waals surface area (Å²) in [5, 5.41) is 11.7. The van der Waals surface area contributed by atoms with Crippen molar-refractivity contribution in [1.29, 1.82) is 0 Å². The summed E-state index contributed by atoms with van der Waals surface area (Å²) in [6.45, 7) is 0. The maximum atomic E-state index is 13.5. The molecule has 0 saturated heterocycles. The van der Waals surface area contributed by atoms with Gasteiger partial charge >= 0.3 is 0 Å². The van der Waals surface area contributed by atoms with Crippen molar-refractivity contribution in [2.75, 3.05) is 5.32 Å². The topological polar surface area (TPSA) is 80.9 Å². The Bertz CT molecular complexity index is 1230. The van der Waals surface area contributed by atoms with Crippen molar-refractivity contribution in [3.8, 4) is 11.3 Å². The Morgan fingerprint density at radius 1 is 0.968 bits per heavy atom. The molecule has 4 rings (SSSR count). The fourth-order valence-electron chi connectivity index (χ4n) is 3.28. The third-order valence-corrected chi connectivity index (χ3v) is 5.09. The molecule has 0 aliphatic carbocycles. The van der Waals surface area contributed by atoms with E-state index in [1.807, 2.05) is 48.5 Å². The number of carbonyl (C=O) groups is 1. The number of hydrogen-bond acceptors (Lipinski definition) is 4. The summed E-state index contributed by atoms with van der Waals surface area (Å²) in [4.78, 5) is 12.0. The maximum Gasteiger partial charge on any atom is 0.249 e. The Morgan fingerprint density at radius 3 is 2.45 bits per heavy atom. The molecule has 0 spiro atoms. The van der Waals surface area contributed by atoms with Gasteiger partial charge in [-0.05, 0) is 47.5 Å². The minimum Gasteiger partial charge on any atom is -0.366 e. The van der Waals surface area contributed by atoms with E-state index in [-0.39, 0.29) is 5.02 Å². The van der Waals surface area contributed by atoms with Crippen molar-refractivity contribution in [3.63, 3.8) is 0 Å². The molecular weight excluding hydrogens is 415 g/mol. The first-order valence-corrected chi connectivity index (χ1v) is 9.91. The molecule has 5 nitrogen and oxygen atoms in total. The lowest BCUT2D eigenvalue weighted by atomic mass is 9.97. The van der Waals surface area contributed by atoms with Gasteiger partial charge in [0.15, 0.2) is 5.82 Å². The predicted octanol–water partition coefficient (Wildman–Crippen LogP) is 5.37. The molecular formula is C24H18ClFN4O. The number of benzene rings is 3. The second kappa shape index (κ2) is 8.93. The monoisotopic (exact) mass is 432 g/mol. The molecule has 0 aliphatic heterocycles. The zero-order valence-corrected chi connectivity index (χ0v) is 17.1. The number of aromatic nitrogens is 2. The summed E-state index contributed by atoms with van der Waals surface area (Å²) >= 11 is 5.92. The van der Waals surface area contributed by atoms with Crippen LogP contribution in [-0.2, 0) is 6.42 Å². The van der Waals surface area contributed by atoms with Crippen LogP contribution in [-0.4, -0.2) is 16.1 Å². The third kappa shape index (κ3) is 4.70. The molecule has 154 valence electrons. The van der Waals surface area contributed by atoms with E-state index < -0.39 is 11.7 Å². The molecule has 1 aromatic heterocycles. The molecule has 1 heterocycles. The highest BCUT2D eigenvalue weighted by atomic mass is 35.5. The number of nitrogens with two attached hydrogens (primary N) is 1. The summed E-state index contributed by atoms with van der Waals surface area (Å²) in [5.41, 5.74) is 9.72. The van der Waals surface area contributed by atoms with Crippen LogP contribution in [0.1, 0.15) is 21.5 Å². The minimum absolute atomic E-state index is 0.0194. The van der Waals surface area contributed by atoms with Crippen molar-refractivity contribution < 1.29 is 9.18 Å². The molecule has 3 N–H and O–H groups in total. The summed E-state index contributed by atoms with van der Waals surface area (Å²) in [6, 6.07) is 23.1. The lowest BCUT2D eigenvalue weighted by molar-refractivity contribution is 0.0999. The van der Waals surface area contributed by atoms with Crippen LogP contribution in [0.4, 0.5) is 15.9 Å². The predicted molar refractivity (Wildman–Crippen MR) is 120 cm³/mol. The largest absolute Gasteiger partial charge is 0.366 e. The van der Waals surface area contributed by atoms with Crippen molar-refractivity contribution in [2.45, 2.75) is 6.42 Å². The van der Waals surface area contributed by atoms with Crippen molar-refractivity contribution in [1.82, 2.24) is 10.2 Å². The van der Waals surface area contributed by atoms with Gasteiger partial charge in [0, 0.05) is 23.2 Å². The highest BCUT2D eigenvalue weighted by Gasteiger charge is 2.15. The zero-order valence-electron chi connectivity index (χ0n) is 16.3. The average molecular weight is 433 g/mol. The molecule has 0 bridgehead atoms. The van der Waals surface area contributed by atoms with Gasteiger partial charge in [-0.1, -0.05) is 54.1 Å². The molecule has 7 heteroatoms. The van der Waals surface area contributed by atoms with Gasteiger partial charge in [-0.25, -0.2) is 4.39 Å². The van der Waals surface area contributed by atoms with E-state index in [9.17, 15) is 9.18 Å².